The van der Waals surface area contributed by atoms with Gasteiger partial charge in [0.1, 0.15) is 5.69 Å². The Hall–Kier alpha value is -1.73. The fourth-order valence-corrected chi connectivity index (χ4v) is 2.22. The van der Waals surface area contributed by atoms with Crippen LogP contribution in [0.4, 0.5) is 5.82 Å². The predicted molar refractivity (Wildman–Crippen MR) is 72.4 cm³/mol. The van der Waals surface area contributed by atoms with E-state index in [0.29, 0.717) is 11.5 Å². The second-order valence-electron chi connectivity index (χ2n) is 4.81. The largest absolute Gasteiger partial charge is 0.347 e. The van der Waals surface area contributed by atoms with Crippen molar-refractivity contribution in [1.29, 1.82) is 0 Å². The Bertz CT molecular complexity index is 415. The molecular formula is C12H20N6O. The van der Waals surface area contributed by atoms with Crippen molar-refractivity contribution in [2.24, 2.45) is 5.84 Å². The van der Waals surface area contributed by atoms with Crippen molar-refractivity contribution in [3.63, 3.8) is 0 Å². The van der Waals surface area contributed by atoms with Gasteiger partial charge in [-0.15, -0.1) is 0 Å². The number of likely N-dealkylation sites (tertiary alicyclic amines) is 1. The second kappa shape index (κ2) is 6.44. The first-order chi connectivity index (χ1) is 9.19. The summed E-state index contributed by atoms with van der Waals surface area (Å²) in [6.45, 7) is 5.12. The van der Waals surface area contributed by atoms with E-state index in [1.165, 1.54) is 25.2 Å². The van der Waals surface area contributed by atoms with Crippen LogP contribution in [0.5, 0.6) is 0 Å². The molecule has 1 saturated heterocycles. The van der Waals surface area contributed by atoms with E-state index in [0.717, 1.165) is 19.6 Å². The van der Waals surface area contributed by atoms with Crippen LogP contribution in [0.1, 0.15) is 30.3 Å². The molecule has 2 rings (SSSR count). The number of amides is 1. The molecule has 19 heavy (non-hydrogen) atoms. The average Bonchev–Trinajstić information content (AvgIpc) is 2.91. The van der Waals surface area contributed by atoms with Crippen LogP contribution < -0.4 is 16.6 Å². The average molecular weight is 264 g/mol. The van der Waals surface area contributed by atoms with Crippen molar-refractivity contribution < 1.29 is 4.79 Å². The lowest BCUT2D eigenvalue weighted by atomic mass is 10.3. The molecule has 0 bridgehead atoms. The number of rotatable bonds is 5. The van der Waals surface area contributed by atoms with Gasteiger partial charge in [-0.2, -0.15) is 0 Å². The molecule has 7 heteroatoms. The smallest absolute Gasteiger partial charge is 0.271 e. The van der Waals surface area contributed by atoms with Crippen molar-refractivity contribution in [1.82, 2.24) is 20.2 Å². The van der Waals surface area contributed by atoms with E-state index in [2.05, 4.69) is 25.6 Å². The number of hydrogen-bond donors (Lipinski definition) is 3. The van der Waals surface area contributed by atoms with Crippen LogP contribution in [0.3, 0.4) is 0 Å². The summed E-state index contributed by atoms with van der Waals surface area (Å²) in [7, 11) is 0. The number of carbonyl (C=O) groups is 1. The highest BCUT2D eigenvalue weighted by atomic mass is 16.1. The molecule has 0 aliphatic carbocycles. The summed E-state index contributed by atoms with van der Waals surface area (Å²) < 4.78 is 0. The van der Waals surface area contributed by atoms with Crippen LogP contribution in [0, 0.1) is 0 Å². The van der Waals surface area contributed by atoms with E-state index >= 15 is 0 Å². The Labute approximate surface area is 112 Å². The van der Waals surface area contributed by atoms with Gasteiger partial charge in [-0.1, -0.05) is 0 Å². The molecule has 1 amide bonds. The van der Waals surface area contributed by atoms with Crippen LogP contribution in [0.25, 0.3) is 0 Å². The fraction of sp³-hybridized carbons (Fsp3) is 0.583. The molecule has 1 atom stereocenters. The van der Waals surface area contributed by atoms with E-state index in [1.807, 2.05) is 6.92 Å². The Balaban J connectivity index is 1.84. The monoisotopic (exact) mass is 264 g/mol. The highest BCUT2D eigenvalue weighted by Gasteiger charge is 2.17. The van der Waals surface area contributed by atoms with Gasteiger partial charge in [-0.3, -0.25) is 4.79 Å². The van der Waals surface area contributed by atoms with E-state index in [1.54, 1.807) is 0 Å². The highest BCUT2D eigenvalue weighted by molar-refractivity contribution is 5.92. The molecule has 1 fully saturated rings. The SMILES string of the molecule is CC(CN1CCCC1)NC(=O)c1cnc(NN)cn1. The van der Waals surface area contributed by atoms with Gasteiger partial charge in [0.2, 0.25) is 0 Å². The number of carbonyl (C=O) groups excluding carboxylic acids is 1. The molecule has 0 spiro atoms. The Morgan fingerprint density at radius 1 is 1.42 bits per heavy atom. The van der Waals surface area contributed by atoms with Gasteiger partial charge in [0.15, 0.2) is 5.82 Å². The van der Waals surface area contributed by atoms with Gasteiger partial charge in [0.25, 0.3) is 5.91 Å². The number of hydrazine groups is 1. The van der Waals surface area contributed by atoms with Crippen LogP contribution in [0.2, 0.25) is 0 Å². The normalized spacial score (nSPS) is 17.2. The second-order valence-corrected chi connectivity index (χ2v) is 4.81. The number of nitrogens with zero attached hydrogens (tertiary/aromatic N) is 3. The van der Waals surface area contributed by atoms with Gasteiger partial charge >= 0.3 is 0 Å². The maximum absolute atomic E-state index is 11.9. The van der Waals surface area contributed by atoms with Crippen molar-refractivity contribution in [2.45, 2.75) is 25.8 Å². The van der Waals surface area contributed by atoms with Gasteiger partial charge in [0.05, 0.1) is 12.4 Å². The van der Waals surface area contributed by atoms with Crippen molar-refractivity contribution in [2.75, 3.05) is 25.1 Å². The molecule has 1 aliphatic rings. The number of nitrogens with one attached hydrogen (secondary N) is 2. The Morgan fingerprint density at radius 3 is 2.74 bits per heavy atom. The number of hydrogen-bond acceptors (Lipinski definition) is 6. The minimum atomic E-state index is -0.206. The van der Waals surface area contributed by atoms with Gasteiger partial charge in [-0.25, -0.2) is 15.8 Å². The third kappa shape index (κ3) is 3.87. The fourth-order valence-electron chi connectivity index (χ4n) is 2.22. The predicted octanol–water partition coefficient (Wildman–Crippen LogP) is -0.0237. The first-order valence-electron chi connectivity index (χ1n) is 6.51. The Kier molecular flexibility index (Phi) is 4.64. The van der Waals surface area contributed by atoms with Crippen molar-refractivity contribution in [3.8, 4) is 0 Å². The molecule has 1 aromatic heterocycles. The maximum atomic E-state index is 11.9. The van der Waals surface area contributed by atoms with Crippen LogP contribution in [-0.2, 0) is 0 Å². The quantitative estimate of drug-likeness (QED) is 0.511. The van der Waals surface area contributed by atoms with Crippen LogP contribution in [0.15, 0.2) is 12.4 Å². The first-order valence-corrected chi connectivity index (χ1v) is 6.51. The topological polar surface area (TPSA) is 96.2 Å². The van der Waals surface area contributed by atoms with E-state index in [4.69, 9.17) is 5.84 Å². The zero-order valence-corrected chi connectivity index (χ0v) is 11.1. The number of nitrogens with two attached hydrogens (primary N) is 1. The summed E-state index contributed by atoms with van der Waals surface area (Å²) in [4.78, 5) is 22.3. The summed E-state index contributed by atoms with van der Waals surface area (Å²) in [6, 6.07) is 0.0970. The number of anilines is 1. The molecule has 2 heterocycles. The minimum Gasteiger partial charge on any atom is -0.347 e. The number of nitrogen functional groups attached to an aromatic ring is 1. The summed E-state index contributed by atoms with van der Waals surface area (Å²) in [6.07, 6.45) is 5.34. The highest BCUT2D eigenvalue weighted by Crippen LogP contribution is 2.07. The number of aromatic nitrogens is 2. The molecule has 7 nitrogen and oxygen atoms in total. The summed E-state index contributed by atoms with van der Waals surface area (Å²) in [5.74, 6) is 5.42. The first kappa shape index (κ1) is 13.7. The minimum absolute atomic E-state index is 0.0970. The molecule has 0 radical (unpaired) electrons. The summed E-state index contributed by atoms with van der Waals surface area (Å²) in [5.41, 5.74) is 2.67. The standard InChI is InChI=1S/C12H20N6O/c1-9(8-18-4-2-3-5-18)16-12(19)10-6-15-11(17-13)7-14-10/h6-7,9H,2-5,8,13H2,1H3,(H,15,17)(H,16,19). The third-order valence-corrected chi connectivity index (χ3v) is 3.14. The van der Waals surface area contributed by atoms with E-state index < -0.39 is 0 Å². The van der Waals surface area contributed by atoms with Crippen LogP contribution >= 0.6 is 0 Å². The van der Waals surface area contributed by atoms with Gasteiger partial charge in [0, 0.05) is 12.6 Å². The molecule has 104 valence electrons. The van der Waals surface area contributed by atoms with Crippen molar-refractivity contribution >= 4 is 11.7 Å². The van der Waals surface area contributed by atoms with Crippen LogP contribution in [-0.4, -0.2) is 46.5 Å². The summed E-state index contributed by atoms with van der Waals surface area (Å²) in [5, 5.41) is 2.93. The molecular weight excluding hydrogens is 244 g/mol. The lowest BCUT2D eigenvalue weighted by molar-refractivity contribution is 0.0926. The van der Waals surface area contributed by atoms with Crippen molar-refractivity contribution in [3.05, 3.63) is 18.1 Å². The lowest BCUT2D eigenvalue weighted by Crippen LogP contribution is -2.41. The van der Waals surface area contributed by atoms with Gasteiger partial charge < -0.3 is 15.6 Å². The molecule has 1 aliphatic heterocycles. The Morgan fingerprint density at radius 2 is 2.16 bits per heavy atom. The zero-order valence-electron chi connectivity index (χ0n) is 11.1. The zero-order chi connectivity index (χ0) is 13.7. The van der Waals surface area contributed by atoms with Gasteiger partial charge in [-0.05, 0) is 32.9 Å². The molecule has 1 unspecified atom stereocenters. The summed E-state index contributed by atoms with van der Waals surface area (Å²) >= 11 is 0. The molecule has 1 aromatic rings. The lowest BCUT2D eigenvalue weighted by Gasteiger charge is -2.20. The molecule has 4 N–H and O–H groups in total. The molecule has 0 saturated carbocycles. The van der Waals surface area contributed by atoms with E-state index in [-0.39, 0.29) is 11.9 Å². The maximum Gasteiger partial charge on any atom is 0.271 e. The molecule has 0 aromatic carbocycles. The van der Waals surface area contributed by atoms with E-state index in [9.17, 15) is 4.79 Å². The third-order valence-electron chi connectivity index (χ3n) is 3.14.